The lowest BCUT2D eigenvalue weighted by Gasteiger charge is -2.26. The predicted octanol–water partition coefficient (Wildman–Crippen LogP) is 5.54. The summed E-state index contributed by atoms with van der Waals surface area (Å²) in [6.07, 6.45) is 13.4. The normalized spacial score (nSPS) is 20.8. The zero-order valence-corrected chi connectivity index (χ0v) is 21.4. The van der Waals surface area contributed by atoms with Crippen LogP contribution in [0.2, 0.25) is 0 Å². The molecule has 4 heterocycles. The maximum absolute atomic E-state index is 10.3. The van der Waals surface area contributed by atoms with Crippen LogP contribution in [0.15, 0.2) is 48.9 Å². The minimum atomic E-state index is -0.192. The largest absolute Gasteiger partial charge is 0.457 e. The van der Waals surface area contributed by atoms with Gasteiger partial charge in [0.15, 0.2) is 0 Å². The van der Waals surface area contributed by atoms with Gasteiger partial charge >= 0.3 is 0 Å². The number of rotatable bonds is 8. The molecule has 1 aromatic carbocycles. The number of aromatic nitrogens is 4. The van der Waals surface area contributed by atoms with Crippen molar-refractivity contribution in [1.82, 2.24) is 24.6 Å². The minimum absolute atomic E-state index is 0.192. The lowest BCUT2D eigenvalue weighted by atomic mass is 9.84. The quantitative estimate of drug-likeness (QED) is 0.340. The Morgan fingerprint density at radius 1 is 1.00 bits per heavy atom. The summed E-state index contributed by atoms with van der Waals surface area (Å²) in [4.78, 5) is 11.9. The average molecular weight is 504 g/mol. The van der Waals surface area contributed by atoms with Crippen LogP contribution in [0.25, 0.3) is 21.5 Å². The van der Waals surface area contributed by atoms with E-state index >= 15 is 0 Å². The number of hydrogen-bond donors (Lipinski definition) is 1. The van der Waals surface area contributed by atoms with Crippen molar-refractivity contribution < 1.29 is 9.84 Å². The first-order valence-corrected chi connectivity index (χ1v) is 14.0. The van der Waals surface area contributed by atoms with Gasteiger partial charge < -0.3 is 14.7 Å². The first-order chi connectivity index (χ1) is 17.7. The van der Waals surface area contributed by atoms with E-state index in [1.54, 1.807) is 17.5 Å². The fourth-order valence-electron chi connectivity index (χ4n) is 5.39. The van der Waals surface area contributed by atoms with Crippen molar-refractivity contribution in [2.75, 3.05) is 19.6 Å². The Bertz CT molecular complexity index is 1310. The number of benzene rings is 1. The predicted molar refractivity (Wildman–Crippen MR) is 142 cm³/mol. The molecule has 3 aromatic heterocycles. The second-order valence-corrected chi connectivity index (χ2v) is 11.2. The van der Waals surface area contributed by atoms with Gasteiger partial charge in [0.25, 0.3) is 0 Å². The number of fused-ring (bicyclic) bond motifs is 1. The molecule has 7 nitrogen and oxygen atoms in total. The van der Waals surface area contributed by atoms with E-state index in [-0.39, 0.29) is 6.10 Å². The lowest BCUT2D eigenvalue weighted by Crippen LogP contribution is -2.26. The smallest absolute Gasteiger partial charge is 0.131 e. The summed E-state index contributed by atoms with van der Waals surface area (Å²) in [5.41, 5.74) is 2.84. The molecule has 0 amide bonds. The van der Waals surface area contributed by atoms with Gasteiger partial charge in [0.1, 0.15) is 11.5 Å². The van der Waals surface area contributed by atoms with Crippen molar-refractivity contribution in [1.29, 1.82) is 0 Å². The maximum Gasteiger partial charge on any atom is 0.131 e. The van der Waals surface area contributed by atoms with Crippen LogP contribution in [0.5, 0.6) is 11.5 Å². The molecule has 1 aliphatic heterocycles. The highest BCUT2D eigenvalue weighted by Crippen LogP contribution is 2.33. The molecular weight excluding hydrogens is 470 g/mol. The van der Waals surface area contributed by atoms with Gasteiger partial charge in [-0.25, -0.2) is 4.98 Å². The van der Waals surface area contributed by atoms with Crippen molar-refractivity contribution in [3.05, 3.63) is 53.9 Å². The number of ether oxygens (including phenoxy) is 1. The molecule has 2 atom stereocenters. The summed E-state index contributed by atoms with van der Waals surface area (Å²) < 4.78 is 9.33. The zero-order chi connectivity index (χ0) is 24.3. The summed E-state index contributed by atoms with van der Waals surface area (Å²) in [6.45, 7) is 4.34. The van der Waals surface area contributed by atoms with E-state index in [9.17, 15) is 5.11 Å². The van der Waals surface area contributed by atoms with Crippen LogP contribution in [0, 0.1) is 5.92 Å². The summed E-state index contributed by atoms with van der Waals surface area (Å²) in [5.74, 6) is 1.86. The van der Waals surface area contributed by atoms with Gasteiger partial charge in [0, 0.05) is 43.1 Å². The minimum Gasteiger partial charge on any atom is -0.457 e. The summed E-state index contributed by atoms with van der Waals surface area (Å²) in [5, 5.41) is 16.0. The van der Waals surface area contributed by atoms with Gasteiger partial charge in [0.05, 0.1) is 39.8 Å². The molecule has 36 heavy (non-hydrogen) atoms. The molecule has 2 aliphatic rings. The number of aliphatic hydroxyl groups is 1. The van der Waals surface area contributed by atoms with E-state index in [2.05, 4.69) is 27.2 Å². The van der Waals surface area contributed by atoms with Crippen LogP contribution in [0.3, 0.4) is 0 Å². The van der Waals surface area contributed by atoms with Crippen LogP contribution in [-0.2, 0) is 13.0 Å². The summed E-state index contributed by atoms with van der Waals surface area (Å²) in [7, 11) is 0. The molecule has 0 unspecified atom stereocenters. The molecule has 1 saturated heterocycles. The van der Waals surface area contributed by atoms with Gasteiger partial charge in [0.2, 0.25) is 0 Å². The van der Waals surface area contributed by atoms with E-state index < -0.39 is 0 Å². The van der Waals surface area contributed by atoms with Crippen molar-refractivity contribution in [2.45, 2.75) is 57.6 Å². The topological polar surface area (TPSA) is 76.3 Å². The molecular formula is C28H33N5O2S. The summed E-state index contributed by atoms with van der Waals surface area (Å²) >= 11 is 1.71. The van der Waals surface area contributed by atoms with Gasteiger partial charge in [-0.15, -0.1) is 11.3 Å². The fourth-order valence-corrected chi connectivity index (χ4v) is 6.48. The van der Waals surface area contributed by atoms with Crippen LogP contribution < -0.4 is 4.74 Å². The third-order valence-corrected chi connectivity index (χ3v) is 8.49. The Hall–Kier alpha value is -2.81. The number of likely N-dealkylation sites (tertiary alicyclic amines) is 1. The Balaban J connectivity index is 1.12. The van der Waals surface area contributed by atoms with Crippen molar-refractivity contribution in [2.24, 2.45) is 5.92 Å². The van der Waals surface area contributed by atoms with E-state index in [1.807, 2.05) is 35.1 Å². The van der Waals surface area contributed by atoms with Crippen LogP contribution >= 0.6 is 11.3 Å². The second-order valence-electron chi connectivity index (χ2n) is 10.1. The number of pyridine rings is 1. The number of aliphatic hydroxyl groups excluding tert-OH is 1. The number of thiazole rings is 1. The number of nitrogens with zero attached hydrogens (tertiary/aromatic N) is 5. The highest BCUT2D eigenvalue weighted by molar-refractivity contribution is 7.18. The Labute approximate surface area is 215 Å². The van der Waals surface area contributed by atoms with E-state index in [0.29, 0.717) is 5.92 Å². The molecule has 6 rings (SSSR count). The van der Waals surface area contributed by atoms with Gasteiger partial charge in [-0.2, -0.15) is 5.10 Å². The molecule has 1 saturated carbocycles. The molecule has 0 radical (unpaired) electrons. The summed E-state index contributed by atoms with van der Waals surface area (Å²) in [6, 6.07) is 9.90. The molecule has 8 heteroatoms. The fraction of sp³-hybridized carbons (Fsp3) is 0.464. The monoisotopic (exact) mass is 503 g/mol. The van der Waals surface area contributed by atoms with E-state index in [4.69, 9.17) is 9.72 Å². The highest BCUT2D eigenvalue weighted by atomic mass is 32.1. The molecule has 0 spiro atoms. The maximum atomic E-state index is 10.3. The second kappa shape index (κ2) is 10.7. The molecule has 1 aliphatic carbocycles. The molecule has 2 fully saturated rings. The molecule has 188 valence electrons. The Morgan fingerprint density at radius 3 is 2.75 bits per heavy atom. The van der Waals surface area contributed by atoms with Crippen LogP contribution in [0.4, 0.5) is 0 Å². The average Bonchev–Trinajstić information content (AvgIpc) is 3.65. The van der Waals surface area contributed by atoms with Gasteiger partial charge in [-0.05, 0) is 62.9 Å². The molecule has 1 N–H and O–H groups in total. The molecule has 0 bridgehead atoms. The van der Waals surface area contributed by atoms with Crippen molar-refractivity contribution in [3.63, 3.8) is 0 Å². The third-order valence-electron chi connectivity index (χ3n) is 7.45. The third kappa shape index (κ3) is 5.45. The number of hydrogen-bond acceptors (Lipinski definition) is 7. The lowest BCUT2D eigenvalue weighted by molar-refractivity contribution is 0.0700. The Morgan fingerprint density at radius 2 is 1.86 bits per heavy atom. The SMILES string of the molecule is O[C@@H]1CCCC[C@H]1Cc1nc2ccc(Oc3ccnc(-c4cnn(CCN5CCCC5)c4)c3)cc2s1. The van der Waals surface area contributed by atoms with Gasteiger partial charge in [-0.3, -0.25) is 9.67 Å². The van der Waals surface area contributed by atoms with Crippen molar-refractivity contribution >= 4 is 21.6 Å². The standard InChI is InChI=1S/C28H33N5O2S/c34-26-6-2-1-5-20(26)15-28-31-24-8-7-22(17-27(24)36-28)35-23-9-10-29-25(16-23)21-18-30-33(19-21)14-13-32-11-3-4-12-32/h7-10,16-20,26,34H,1-6,11-15H2/t20-,26+/m0/s1. The first-order valence-electron chi connectivity index (χ1n) is 13.2. The van der Waals surface area contributed by atoms with Crippen LogP contribution in [-0.4, -0.2) is 55.5 Å². The van der Waals surface area contributed by atoms with Crippen LogP contribution in [0.1, 0.15) is 43.5 Å². The van der Waals surface area contributed by atoms with E-state index in [1.165, 1.54) is 32.4 Å². The first kappa shape index (κ1) is 23.6. The Kier molecular flexibility index (Phi) is 6.98. The zero-order valence-electron chi connectivity index (χ0n) is 20.6. The van der Waals surface area contributed by atoms with E-state index in [0.717, 1.165) is 76.8 Å². The van der Waals surface area contributed by atoms with Crippen molar-refractivity contribution in [3.8, 4) is 22.8 Å². The van der Waals surface area contributed by atoms with Gasteiger partial charge in [-0.1, -0.05) is 12.8 Å². The highest BCUT2D eigenvalue weighted by Gasteiger charge is 2.24. The molecule has 4 aromatic rings.